The van der Waals surface area contributed by atoms with E-state index in [1.807, 2.05) is 0 Å². The van der Waals surface area contributed by atoms with E-state index < -0.39 is 0 Å². The first-order chi connectivity index (χ1) is 8.70. The van der Waals surface area contributed by atoms with Crippen molar-refractivity contribution in [1.29, 1.82) is 0 Å². The number of anilines is 2. The smallest absolute Gasteiger partial charge is 0.134 e. The quantitative estimate of drug-likeness (QED) is 0.843. The molecule has 1 saturated heterocycles. The lowest BCUT2D eigenvalue weighted by atomic mass is 9.97. The van der Waals surface area contributed by atoms with Gasteiger partial charge in [-0.2, -0.15) is 0 Å². The average molecular weight is 249 g/mol. The fourth-order valence-electron chi connectivity index (χ4n) is 2.43. The van der Waals surface area contributed by atoms with Crippen LogP contribution in [0, 0.1) is 5.92 Å². The Kier molecular flexibility index (Phi) is 4.36. The molecular weight excluding hydrogens is 226 g/mol. The molecule has 1 aromatic heterocycles. The summed E-state index contributed by atoms with van der Waals surface area (Å²) in [5.74, 6) is 2.24. The van der Waals surface area contributed by atoms with E-state index in [1.54, 1.807) is 0 Å². The van der Waals surface area contributed by atoms with Crippen LogP contribution in [0.15, 0.2) is 6.33 Å². The van der Waals surface area contributed by atoms with Gasteiger partial charge in [0.15, 0.2) is 0 Å². The number of likely N-dealkylation sites (tertiary alicyclic amines) is 1. The summed E-state index contributed by atoms with van der Waals surface area (Å²) in [6.45, 7) is 5.45. The molecule has 0 aliphatic carbocycles. The summed E-state index contributed by atoms with van der Waals surface area (Å²) in [6, 6.07) is 0. The summed E-state index contributed by atoms with van der Waals surface area (Å²) >= 11 is 0. The van der Waals surface area contributed by atoms with E-state index in [0.29, 0.717) is 5.82 Å². The van der Waals surface area contributed by atoms with Gasteiger partial charge < -0.3 is 16.0 Å². The van der Waals surface area contributed by atoms with Gasteiger partial charge >= 0.3 is 0 Å². The van der Waals surface area contributed by atoms with Crippen LogP contribution in [0.3, 0.4) is 0 Å². The van der Waals surface area contributed by atoms with E-state index in [2.05, 4.69) is 34.2 Å². The normalized spacial score (nSPS) is 17.9. The summed E-state index contributed by atoms with van der Waals surface area (Å²) in [4.78, 5) is 10.7. The third kappa shape index (κ3) is 3.10. The first kappa shape index (κ1) is 13.1. The van der Waals surface area contributed by atoms with Crippen LogP contribution in [0.5, 0.6) is 0 Å². The second-order valence-electron chi connectivity index (χ2n) is 5.07. The SMILES string of the molecule is CCc1c(N)ncnc1NCC1CCN(C)CC1. The van der Waals surface area contributed by atoms with Crippen molar-refractivity contribution in [2.45, 2.75) is 26.2 Å². The molecular formula is C13H23N5. The number of nitrogens with one attached hydrogen (secondary N) is 1. The predicted octanol–water partition coefficient (Wildman–Crippen LogP) is 1.37. The highest BCUT2D eigenvalue weighted by Gasteiger charge is 2.17. The van der Waals surface area contributed by atoms with Crippen LogP contribution in [-0.4, -0.2) is 41.5 Å². The Labute approximate surface area is 109 Å². The zero-order valence-corrected chi connectivity index (χ0v) is 11.3. The molecule has 18 heavy (non-hydrogen) atoms. The molecule has 2 heterocycles. The van der Waals surface area contributed by atoms with Gasteiger partial charge in [-0.3, -0.25) is 0 Å². The van der Waals surface area contributed by atoms with Gasteiger partial charge in [0.2, 0.25) is 0 Å². The van der Waals surface area contributed by atoms with Crippen molar-refractivity contribution in [2.24, 2.45) is 5.92 Å². The molecule has 5 nitrogen and oxygen atoms in total. The minimum atomic E-state index is 0.596. The molecule has 1 aliphatic heterocycles. The molecule has 0 saturated carbocycles. The molecule has 0 spiro atoms. The number of hydrogen-bond donors (Lipinski definition) is 2. The van der Waals surface area contributed by atoms with Gasteiger partial charge in [0.05, 0.1) is 0 Å². The zero-order valence-electron chi connectivity index (χ0n) is 11.3. The second-order valence-corrected chi connectivity index (χ2v) is 5.07. The van der Waals surface area contributed by atoms with Crippen LogP contribution in [-0.2, 0) is 6.42 Å². The lowest BCUT2D eigenvalue weighted by Gasteiger charge is -2.29. The van der Waals surface area contributed by atoms with Crippen molar-refractivity contribution >= 4 is 11.6 Å². The maximum Gasteiger partial charge on any atom is 0.134 e. The Hall–Kier alpha value is -1.36. The Morgan fingerprint density at radius 3 is 2.78 bits per heavy atom. The van der Waals surface area contributed by atoms with Crippen LogP contribution >= 0.6 is 0 Å². The minimum Gasteiger partial charge on any atom is -0.383 e. The van der Waals surface area contributed by atoms with Crippen molar-refractivity contribution < 1.29 is 0 Å². The fourth-order valence-corrected chi connectivity index (χ4v) is 2.43. The molecule has 0 atom stereocenters. The molecule has 1 aromatic rings. The highest BCUT2D eigenvalue weighted by Crippen LogP contribution is 2.20. The van der Waals surface area contributed by atoms with E-state index in [9.17, 15) is 0 Å². The van der Waals surface area contributed by atoms with E-state index in [0.717, 1.165) is 30.3 Å². The van der Waals surface area contributed by atoms with Crippen molar-refractivity contribution in [3.05, 3.63) is 11.9 Å². The maximum atomic E-state index is 5.86. The number of piperidine rings is 1. The van der Waals surface area contributed by atoms with Crippen LogP contribution in [0.1, 0.15) is 25.3 Å². The predicted molar refractivity (Wildman–Crippen MR) is 74.5 cm³/mol. The van der Waals surface area contributed by atoms with Crippen molar-refractivity contribution in [3.8, 4) is 0 Å². The van der Waals surface area contributed by atoms with Gasteiger partial charge in [-0.15, -0.1) is 0 Å². The summed E-state index contributed by atoms with van der Waals surface area (Å²) in [5.41, 5.74) is 6.89. The lowest BCUT2D eigenvalue weighted by molar-refractivity contribution is 0.226. The first-order valence-electron chi connectivity index (χ1n) is 6.72. The Bertz CT molecular complexity index is 385. The third-order valence-corrected chi connectivity index (χ3v) is 3.73. The highest BCUT2D eigenvalue weighted by atomic mass is 15.1. The number of rotatable bonds is 4. The first-order valence-corrected chi connectivity index (χ1v) is 6.72. The third-order valence-electron chi connectivity index (χ3n) is 3.73. The van der Waals surface area contributed by atoms with Gasteiger partial charge in [-0.05, 0) is 45.3 Å². The molecule has 0 aromatic carbocycles. The van der Waals surface area contributed by atoms with E-state index in [4.69, 9.17) is 5.73 Å². The molecule has 5 heteroatoms. The number of hydrogen-bond acceptors (Lipinski definition) is 5. The van der Waals surface area contributed by atoms with E-state index in [-0.39, 0.29) is 0 Å². The van der Waals surface area contributed by atoms with Crippen LogP contribution in [0.4, 0.5) is 11.6 Å². The van der Waals surface area contributed by atoms with Gasteiger partial charge in [-0.1, -0.05) is 6.92 Å². The number of nitrogens with two attached hydrogens (primary N) is 1. The molecule has 0 bridgehead atoms. The number of nitrogen functional groups attached to an aromatic ring is 1. The summed E-state index contributed by atoms with van der Waals surface area (Å²) in [6.07, 6.45) is 4.91. The van der Waals surface area contributed by atoms with Crippen molar-refractivity contribution in [3.63, 3.8) is 0 Å². The average Bonchev–Trinajstić information content (AvgIpc) is 2.38. The number of nitrogens with zero attached hydrogens (tertiary/aromatic N) is 3. The standard InChI is InChI=1S/C13H23N5/c1-3-11-12(14)16-9-17-13(11)15-8-10-4-6-18(2)7-5-10/h9-10H,3-8H2,1-2H3,(H3,14,15,16,17). The van der Waals surface area contributed by atoms with Gasteiger partial charge in [0, 0.05) is 12.1 Å². The van der Waals surface area contributed by atoms with Crippen LogP contribution < -0.4 is 11.1 Å². The molecule has 0 amide bonds. The molecule has 1 aliphatic rings. The Morgan fingerprint density at radius 1 is 1.39 bits per heavy atom. The Balaban J connectivity index is 1.92. The van der Waals surface area contributed by atoms with Crippen LogP contribution in [0.25, 0.3) is 0 Å². The highest BCUT2D eigenvalue weighted by molar-refractivity contribution is 5.54. The maximum absolute atomic E-state index is 5.86. The minimum absolute atomic E-state index is 0.596. The Morgan fingerprint density at radius 2 is 2.11 bits per heavy atom. The molecule has 0 radical (unpaired) electrons. The molecule has 0 unspecified atom stereocenters. The summed E-state index contributed by atoms with van der Waals surface area (Å²) in [7, 11) is 2.18. The van der Waals surface area contributed by atoms with E-state index in [1.165, 1.54) is 32.3 Å². The molecule has 2 rings (SSSR count). The van der Waals surface area contributed by atoms with Crippen molar-refractivity contribution in [1.82, 2.24) is 14.9 Å². The second kappa shape index (κ2) is 6.00. The molecule has 100 valence electrons. The van der Waals surface area contributed by atoms with Gasteiger partial charge in [0.1, 0.15) is 18.0 Å². The topological polar surface area (TPSA) is 67.1 Å². The van der Waals surface area contributed by atoms with Gasteiger partial charge in [0.25, 0.3) is 0 Å². The van der Waals surface area contributed by atoms with Crippen LogP contribution in [0.2, 0.25) is 0 Å². The summed E-state index contributed by atoms with van der Waals surface area (Å²) < 4.78 is 0. The largest absolute Gasteiger partial charge is 0.383 e. The van der Waals surface area contributed by atoms with Gasteiger partial charge in [-0.25, -0.2) is 9.97 Å². The summed E-state index contributed by atoms with van der Waals surface area (Å²) in [5, 5.41) is 3.44. The monoisotopic (exact) mass is 249 g/mol. The fraction of sp³-hybridized carbons (Fsp3) is 0.692. The molecule has 3 N–H and O–H groups in total. The number of aromatic nitrogens is 2. The van der Waals surface area contributed by atoms with Crippen molar-refractivity contribution in [2.75, 3.05) is 37.7 Å². The zero-order chi connectivity index (χ0) is 13.0. The lowest BCUT2D eigenvalue weighted by Crippen LogP contribution is -2.33. The molecule has 1 fully saturated rings. The van der Waals surface area contributed by atoms with E-state index >= 15 is 0 Å².